The number of hydrogen-bond donors (Lipinski definition) is 2. The second-order valence-corrected chi connectivity index (χ2v) is 3.74. The van der Waals surface area contributed by atoms with Gasteiger partial charge in [0, 0.05) is 6.20 Å². The summed E-state index contributed by atoms with van der Waals surface area (Å²) in [5.74, 6) is 0.161. The molecular formula is C12H13N3O. The maximum absolute atomic E-state index is 10.4. The van der Waals surface area contributed by atoms with Crippen LogP contribution < -0.4 is 5.73 Å². The summed E-state index contributed by atoms with van der Waals surface area (Å²) in [4.78, 5) is 7.84. The van der Waals surface area contributed by atoms with Crippen LogP contribution in [0.1, 0.15) is 18.2 Å². The number of aliphatic hydroxyl groups is 1. The number of nitrogens with two attached hydrogens (primary N) is 1. The summed E-state index contributed by atoms with van der Waals surface area (Å²) in [6.45, 7) is 1.68. The SMILES string of the molecule is CC(O)(c1ccccc1)c1ccnc(N)n1. The van der Waals surface area contributed by atoms with Crippen LogP contribution in [0.3, 0.4) is 0 Å². The van der Waals surface area contributed by atoms with E-state index in [0.717, 1.165) is 5.56 Å². The third-order valence-electron chi connectivity index (χ3n) is 2.51. The predicted octanol–water partition coefficient (Wildman–Crippen LogP) is 1.31. The van der Waals surface area contributed by atoms with E-state index in [4.69, 9.17) is 5.73 Å². The van der Waals surface area contributed by atoms with Gasteiger partial charge in [0.1, 0.15) is 5.60 Å². The summed E-state index contributed by atoms with van der Waals surface area (Å²) >= 11 is 0. The molecule has 0 bridgehead atoms. The summed E-state index contributed by atoms with van der Waals surface area (Å²) in [6.07, 6.45) is 1.54. The highest BCUT2D eigenvalue weighted by Gasteiger charge is 2.27. The first-order chi connectivity index (χ1) is 7.60. The van der Waals surface area contributed by atoms with Gasteiger partial charge in [-0.1, -0.05) is 30.3 Å². The first kappa shape index (κ1) is 10.6. The summed E-state index contributed by atoms with van der Waals surface area (Å²) < 4.78 is 0. The van der Waals surface area contributed by atoms with E-state index >= 15 is 0 Å². The summed E-state index contributed by atoms with van der Waals surface area (Å²) in [5, 5.41) is 10.4. The molecule has 0 aliphatic carbocycles. The van der Waals surface area contributed by atoms with E-state index in [1.165, 1.54) is 6.20 Å². The van der Waals surface area contributed by atoms with Crippen molar-refractivity contribution in [2.24, 2.45) is 0 Å². The Kier molecular flexibility index (Phi) is 2.58. The summed E-state index contributed by atoms with van der Waals surface area (Å²) in [6, 6.07) is 11.0. The fourth-order valence-corrected chi connectivity index (χ4v) is 1.56. The summed E-state index contributed by atoms with van der Waals surface area (Å²) in [5.41, 5.74) is 5.61. The molecule has 1 atom stereocenters. The van der Waals surface area contributed by atoms with Gasteiger partial charge in [-0.25, -0.2) is 9.97 Å². The van der Waals surface area contributed by atoms with Crippen molar-refractivity contribution in [3.05, 3.63) is 53.9 Å². The zero-order valence-corrected chi connectivity index (χ0v) is 8.96. The zero-order chi connectivity index (χ0) is 11.6. The maximum atomic E-state index is 10.4. The average Bonchev–Trinajstić information content (AvgIpc) is 2.30. The maximum Gasteiger partial charge on any atom is 0.220 e. The molecule has 3 N–H and O–H groups in total. The Labute approximate surface area is 93.8 Å². The van der Waals surface area contributed by atoms with Gasteiger partial charge in [-0.2, -0.15) is 0 Å². The third kappa shape index (κ3) is 1.87. The van der Waals surface area contributed by atoms with Gasteiger partial charge >= 0.3 is 0 Å². The topological polar surface area (TPSA) is 72.0 Å². The van der Waals surface area contributed by atoms with Crippen molar-refractivity contribution < 1.29 is 5.11 Å². The van der Waals surface area contributed by atoms with E-state index < -0.39 is 5.60 Å². The Bertz CT molecular complexity index is 483. The molecule has 4 nitrogen and oxygen atoms in total. The molecule has 0 radical (unpaired) electrons. The highest BCUT2D eigenvalue weighted by atomic mass is 16.3. The number of rotatable bonds is 2. The number of nitrogen functional groups attached to an aromatic ring is 1. The lowest BCUT2D eigenvalue weighted by atomic mass is 9.92. The zero-order valence-electron chi connectivity index (χ0n) is 8.96. The lowest BCUT2D eigenvalue weighted by Crippen LogP contribution is -2.24. The van der Waals surface area contributed by atoms with Crippen molar-refractivity contribution in [3.8, 4) is 0 Å². The molecule has 2 aromatic rings. The first-order valence-corrected chi connectivity index (χ1v) is 4.97. The third-order valence-corrected chi connectivity index (χ3v) is 2.51. The lowest BCUT2D eigenvalue weighted by Gasteiger charge is -2.23. The quantitative estimate of drug-likeness (QED) is 0.792. The molecule has 1 unspecified atom stereocenters. The fraction of sp³-hybridized carbons (Fsp3) is 0.167. The van der Waals surface area contributed by atoms with Gasteiger partial charge < -0.3 is 10.8 Å². The van der Waals surface area contributed by atoms with Crippen LogP contribution in [0.2, 0.25) is 0 Å². The van der Waals surface area contributed by atoms with Crippen LogP contribution >= 0.6 is 0 Å². The molecule has 1 aromatic carbocycles. The van der Waals surface area contributed by atoms with Gasteiger partial charge in [-0.3, -0.25) is 0 Å². The molecule has 0 spiro atoms. The largest absolute Gasteiger partial charge is 0.379 e. The smallest absolute Gasteiger partial charge is 0.220 e. The molecule has 0 aliphatic rings. The Morgan fingerprint density at radius 1 is 1.19 bits per heavy atom. The molecule has 1 heterocycles. The monoisotopic (exact) mass is 215 g/mol. The van der Waals surface area contributed by atoms with E-state index in [-0.39, 0.29) is 5.95 Å². The van der Waals surface area contributed by atoms with Crippen LogP contribution in [0.25, 0.3) is 0 Å². The minimum Gasteiger partial charge on any atom is -0.379 e. The van der Waals surface area contributed by atoms with Gasteiger partial charge in [-0.05, 0) is 18.6 Å². The van der Waals surface area contributed by atoms with Crippen molar-refractivity contribution in [2.45, 2.75) is 12.5 Å². The summed E-state index contributed by atoms with van der Waals surface area (Å²) in [7, 11) is 0. The van der Waals surface area contributed by atoms with Crippen molar-refractivity contribution in [3.63, 3.8) is 0 Å². The second kappa shape index (κ2) is 3.90. The predicted molar refractivity (Wildman–Crippen MR) is 61.6 cm³/mol. The Morgan fingerprint density at radius 2 is 1.88 bits per heavy atom. The van der Waals surface area contributed by atoms with Crippen LogP contribution in [-0.2, 0) is 5.60 Å². The van der Waals surface area contributed by atoms with Crippen molar-refractivity contribution in [1.29, 1.82) is 0 Å². The van der Waals surface area contributed by atoms with Crippen molar-refractivity contribution >= 4 is 5.95 Å². The number of aromatic nitrogens is 2. The van der Waals surface area contributed by atoms with E-state index in [0.29, 0.717) is 5.69 Å². The van der Waals surface area contributed by atoms with Gasteiger partial charge in [0.15, 0.2) is 0 Å². The molecule has 0 aliphatic heterocycles. The molecule has 82 valence electrons. The molecule has 1 aromatic heterocycles. The first-order valence-electron chi connectivity index (χ1n) is 4.97. The van der Waals surface area contributed by atoms with Gasteiger partial charge in [-0.15, -0.1) is 0 Å². The molecule has 2 rings (SSSR count). The van der Waals surface area contributed by atoms with E-state index in [9.17, 15) is 5.11 Å². The standard InChI is InChI=1S/C12H13N3O/c1-12(16,9-5-3-2-4-6-9)10-7-8-14-11(13)15-10/h2-8,16H,1H3,(H2,13,14,15). The van der Waals surface area contributed by atoms with Crippen LogP contribution in [0.4, 0.5) is 5.95 Å². The number of benzene rings is 1. The second-order valence-electron chi connectivity index (χ2n) is 3.74. The Hall–Kier alpha value is -1.94. The minimum atomic E-state index is -1.15. The molecular weight excluding hydrogens is 202 g/mol. The molecule has 0 saturated heterocycles. The number of nitrogens with zero attached hydrogens (tertiary/aromatic N) is 2. The van der Waals surface area contributed by atoms with Gasteiger partial charge in [0.25, 0.3) is 0 Å². The van der Waals surface area contributed by atoms with Crippen LogP contribution in [0, 0.1) is 0 Å². The highest BCUT2D eigenvalue weighted by Crippen LogP contribution is 2.27. The minimum absolute atomic E-state index is 0.161. The molecule has 0 saturated carbocycles. The van der Waals surface area contributed by atoms with Gasteiger partial charge in [0.05, 0.1) is 5.69 Å². The molecule has 16 heavy (non-hydrogen) atoms. The van der Waals surface area contributed by atoms with Crippen LogP contribution in [-0.4, -0.2) is 15.1 Å². The Balaban J connectivity index is 2.47. The number of hydrogen-bond acceptors (Lipinski definition) is 4. The lowest BCUT2D eigenvalue weighted by molar-refractivity contribution is 0.0974. The fourth-order valence-electron chi connectivity index (χ4n) is 1.56. The van der Waals surface area contributed by atoms with E-state index in [1.807, 2.05) is 30.3 Å². The highest BCUT2D eigenvalue weighted by molar-refractivity contribution is 5.32. The normalized spacial score (nSPS) is 14.4. The van der Waals surface area contributed by atoms with Crippen LogP contribution in [0.15, 0.2) is 42.6 Å². The van der Waals surface area contributed by atoms with E-state index in [2.05, 4.69) is 9.97 Å². The average molecular weight is 215 g/mol. The number of anilines is 1. The molecule has 0 amide bonds. The Morgan fingerprint density at radius 3 is 2.50 bits per heavy atom. The van der Waals surface area contributed by atoms with Crippen molar-refractivity contribution in [1.82, 2.24) is 9.97 Å². The van der Waals surface area contributed by atoms with E-state index in [1.54, 1.807) is 13.0 Å². The van der Waals surface area contributed by atoms with Crippen molar-refractivity contribution in [2.75, 3.05) is 5.73 Å². The van der Waals surface area contributed by atoms with Crippen LogP contribution in [0.5, 0.6) is 0 Å². The molecule has 4 heteroatoms. The molecule has 0 fully saturated rings. The van der Waals surface area contributed by atoms with Gasteiger partial charge in [0.2, 0.25) is 5.95 Å².